The van der Waals surface area contributed by atoms with E-state index >= 15 is 0 Å². The first kappa shape index (κ1) is 19.9. The lowest BCUT2D eigenvalue weighted by atomic mass is 10.1. The molecule has 1 atom stereocenters. The molecule has 0 unspecified atom stereocenters. The predicted octanol–water partition coefficient (Wildman–Crippen LogP) is 5.78. The number of ether oxygens (including phenoxy) is 1. The van der Waals surface area contributed by atoms with Crippen molar-refractivity contribution in [1.82, 2.24) is 14.9 Å². The first-order chi connectivity index (χ1) is 13.3. The molecular weight excluding hydrogens is 350 g/mol. The largest absolute Gasteiger partial charge is 0.444 e. The number of aromatic nitrogens is 2. The second kappa shape index (κ2) is 8.05. The zero-order valence-corrected chi connectivity index (χ0v) is 17.2. The fourth-order valence-electron chi connectivity index (χ4n) is 3.62. The molecule has 1 aliphatic heterocycles. The predicted molar refractivity (Wildman–Crippen MR) is 114 cm³/mol. The van der Waals surface area contributed by atoms with Gasteiger partial charge in [0.25, 0.3) is 0 Å². The highest BCUT2D eigenvalue weighted by atomic mass is 16.6. The number of aromatic amines is 1. The maximum atomic E-state index is 12.7. The summed E-state index contributed by atoms with van der Waals surface area (Å²) < 4.78 is 5.60. The molecule has 148 valence electrons. The van der Waals surface area contributed by atoms with Gasteiger partial charge in [0.1, 0.15) is 5.60 Å². The van der Waals surface area contributed by atoms with E-state index in [4.69, 9.17) is 4.74 Å². The van der Waals surface area contributed by atoms with Crippen molar-refractivity contribution >= 4 is 22.6 Å². The minimum atomic E-state index is -0.501. The summed E-state index contributed by atoms with van der Waals surface area (Å²) in [5, 5.41) is 1.08. The van der Waals surface area contributed by atoms with Gasteiger partial charge in [-0.25, -0.2) is 4.79 Å². The Hall–Kier alpha value is -2.82. The molecule has 2 aromatic heterocycles. The summed E-state index contributed by atoms with van der Waals surface area (Å²) in [5.74, 6) is 0. The van der Waals surface area contributed by atoms with Crippen LogP contribution in [0.25, 0.3) is 16.5 Å². The summed E-state index contributed by atoms with van der Waals surface area (Å²) in [7, 11) is 0. The molecule has 3 rings (SSSR count). The van der Waals surface area contributed by atoms with Crippen LogP contribution >= 0.6 is 0 Å². The number of allylic oxidation sites excluding steroid dienone is 5. The van der Waals surface area contributed by atoms with Gasteiger partial charge in [-0.15, -0.1) is 0 Å². The van der Waals surface area contributed by atoms with Crippen LogP contribution in [0.2, 0.25) is 0 Å². The Bertz CT molecular complexity index is 931. The number of nitrogens with zero attached hydrogens (tertiary/aromatic N) is 2. The number of carbonyl (C=O) groups excluding carboxylic acids is 1. The van der Waals surface area contributed by atoms with E-state index in [1.807, 2.05) is 63.1 Å². The van der Waals surface area contributed by atoms with Crippen molar-refractivity contribution in [2.45, 2.75) is 52.2 Å². The number of rotatable bonds is 4. The van der Waals surface area contributed by atoms with Gasteiger partial charge in [-0.05, 0) is 52.7 Å². The molecule has 5 nitrogen and oxygen atoms in total. The monoisotopic (exact) mass is 379 g/mol. The summed E-state index contributed by atoms with van der Waals surface area (Å²) in [6, 6.07) is 4.10. The Kier molecular flexibility index (Phi) is 5.73. The molecule has 2 aromatic rings. The second-order valence-corrected chi connectivity index (χ2v) is 8.04. The van der Waals surface area contributed by atoms with Crippen molar-refractivity contribution in [3.05, 3.63) is 60.6 Å². The van der Waals surface area contributed by atoms with Crippen LogP contribution in [0.3, 0.4) is 0 Å². The highest BCUT2D eigenvalue weighted by Gasteiger charge is 2.34. The molecular formula is C23H29N3O2. The molecule has 0 bridgehead atoms. The molecule has 0 aliphatic carbocycles. The third-order valence-corrected chi connectivity index (χ3v) is 4.72. The lowest BCUT2D eigenvalue weighted by Gasteiger charge is -2.28. The van der Waals surface area contributed by atoms with Gasteiger partial charge in [0.2, 0.25) is 0 Å². The van der Waals surface area contributed by atoms with E-state index < -0.39 is 5.60 Å². The van der Waals surface area contributed by atoms with Crippen LogP contribution in [-0.4, -0.2) is 33.1 Å². The molecule has 1 aliphatic rings. The lowest BCUT2D eigenvalue weighted by Crippen LogP contribution is -2.36. The van der Waals surface area contributed by atoms with Crippen molar-refractivity contribution in [2.75, 3.05) is 6.54 Å². The topological polar surface area (TPSA) is 58.2 Å². The first-order valence-electron chi connectivity index (χ1n) is 9.77. The van der Waals surface area contributed by atoms with Gasteiger partial charge in [0.05, 0.1) is 17.3 Å². The highest BCUT2D eigenvalue weighted by Crippen LogP contribution is 2.35. The Morgan fingerprint density at radius 3 is 2.89 bits per heavy atom. The van der Waals surface area contributed by atoms with Crippen molar-refractivity contribution in [3.8, 4) is 0 Å². The average molecular weight is 380 g/mol. The SMILES string of the molecule is C=C/C=C(\C=C/C)c1nccc2cc([C@@H]3CCCN3C(=O)OC(C)(C)C)[nH]c12. The van der Waals surface area contributed by atoms with Gasteiger partial charge in [0.15, 0.2) is 0 Å². The fraction of sp³-hybridized carbons (Fsp3) is 0.391. The van der Waals surface area contributed by atoms with Gasteiger partial charge >= 0.3 is 6.09 Å². The molecule has 0 radical (unpaired) electrons. The second-order valence-electron chi connectivity index (χ2n) is 8.04. The van der Waals surface area contributed by atoms with E-state index in [1.165, 1.54) is 0 Å². The maximum Gasteiger partial charge on any atom is 0.410 e. The number of fused-ring (bicyclic) bond motifs is 1. The zero-order valence-electron chi connectivity index (χ0n) is 17.2. The zero-order chi connectivity index (χ0) is 20.3. The molecule has 0 spiro atoms. The van der Waals surface area contributed by atoms with E-state index in [0.717, 1.165) is 40.7 Å². The van der Waals surface area contributed by atoms with Crippen molar-refractivity contribution in [1.29, 1.82) is 0 Å². The summed E-state index contributed by atoms with van der Waals surface area (Å²) in [5.41, 5.74) is 3.36. The minimum Gasteiger partial charge on any atom is -0.444 e. The van der Waals surface area contributed by atoms with Crippen LogP contribution in [0.1, 0.15) is 58.0 Å². The van der Waals surface area contributed by atoms with Crippen LogP contribution in [0.4, 0.5) is 4.79 Å². The molecule has 0 saturated carbocycles. The quantitative estimate of drug-likeness (QED) is 0.685. The third-order valence-electron chi connectivity index (χ3n) is 4.72. The molecule has 1 amide bonds. The Labute approximate surface area is 166 Å². The standard InChI is InChI=1S/C23H29N3O2/c1-6-9-16(10-7-2)20-21-17(12-13-24-20)15-18(25-21)19-11-8-14-26(19)22(27)28-23(3,4)5/h6-7,9-10,12-13,15,19,25H,1,8,11,14H2,2-5H3/b10-7-,16-9+/t19-/m0/s1. The van der Waals surface area contributed by atoms with Gasteiger partial charge in [-0.2, -0.15) is 0 Å². The van der Waals surface area contributed by atoms with Crippen molar-refractivity contribution in [3.63, 3.8) is 0 Å². The molecule has 0 aromatic carbocycles. The number of carbonyl (C=O) groups is 1. The molecule has 1 N–H and O–H groups in total. The number of hydrogen-bond acceptors (Lipinski definition) is 3. The normalized spacial score (nSPS) is 18.2. The summed E-state index contributed by atoms with van der Waals surface area (Å²) in [6.07, 6.45) is 11.2. The number of pyridine rings is 1. The highest BCUT2D eigenvalue weighted by molar-refractivity contribution is 5.93. The Balaban J connectivity index is 1.98. The van der Waals surface area contributed by atoms with E-state index in [2.05, 4.69) is 22.6 Å². The van der Waals surface area contributed by atoms with Crippen molar-refractivity contribution < 1.29 is 9.53 Å². The van der Waals surface area contributed by atoms with Crippen LogP contribution in [-0.2, 0) is 4.74 Å². The Morgan fingerprint density at radius 1 is 1.43 bits per heavy atom. The van der Waals surface area contributed by atoms with Gasteiger partial charge in [0, 0.05) is 29.4 Å². The number of likely N-dealkylation sites (tertiary alicyclic amines) is 1. The Morgan fingerprint density at radius 2 is 2.21 bits per heavy atom. The van der Waals surface area contributed by atoms with E-state index in [-0.39, 0.29) is 12.1 Å². The molecule has 5 heteroatoms. The van der Waals surface area contributed by atoms with Gasteiger partial charge in [-0.1, -0.05) is 30.9 Å². The summed E-state index contributed by atoms with van der Waals surface area (Å²) >= 11 is 0. The molecule has 28 heavy (non-hydrogen) atoms. The molecule has 1 saturated heterocycles. The summed E-state index contributed by atoms with van der Waals surface area (Å²) in [6.45, 7) is 12.2. The maximum absolute atomic E-state index is 12.7. The molecule has 3 heterocycles. The van der Waals surface area contributed by atoms with Gasteiger partial charge < -0.3 is 9.72 Å². The minimum absolute atomic E-state index is 0.0105. The smallest absolute Gasteiger partial charge is 0.410 e. The average Bonchev–Trinajstić information content (AvgIpc) is 3.26. The first-order valence-corrected chi connectivity index (χ1v) is 9.77. The van der Waals surface area contributed by atoms with Crippen LogP contribution in [0.15, 0.2) is 49.2 Å². The number of hydrogen-bond donors (Lipinski definition) is 1. The fourth-order valence-corrected chi connectivity index (χ4v) is 3.62. The summed E-state index contributed by atoms with van der Waals surface area (Å²) in [4.78, 5) is 22.6. The van der Waals surface area contributed by atoms with E-state index in [0.29, 0.717) is 6.54 Å². The van der Waals surface area contributed by atoms with Crippen molar-refractivity contribution in [2.24, 2.45) is 0 Å². The number of H-pyrrole nitrogens is 1. The van der Waals surface area contributed by atoms with E-state index in [9.17, 15) is 4.79 Å². The lowest BCUT2D eigenvalue weighted by molar-refractivity contribution is 0.0222. The van der Waals surface area contributed by atoms with E-state index in [1.54, 1.807) is 6.08 Å². The third kappa shape index (κ3) is 4.19. The van der Waals surface area contributed by atoms with Crippen LogP contribution < -0.4 is 0 Å². The van der Waals surface area contributed by atoms with Crippen LogP contribution in [0, 0.1) is 0 Å². The van der Waals surface area contributed by atoms with Crippen LogP contribution in [0.5, 0.6) is 0 Å². The number of nitrogens with one attached hydrogen (secondary N) is 1. The number of amides is 1. The van der Waals surface area contributed by atoms with Gasteiger partial charge in [-0.3, -0.25) is 9.88 Å². The molecule has 1 fully saturated rings.